The SMILES string of the molecule is N#Cc1ccnc(Oc2cc(Br)ccc2C(=O)O)c1Cl. The molecule has 0 aliphatic carbocycles. The van der Waals surface area contributed by atoms with E-state index in [1.807, 2.05) is 6.07 Å². The molecule has 2 rings (SSSR count). The molecule has 1 aromatic heterocycles. The number of carboxylic acid groups (broad SMARTS) is 1. The Kier molecular flexibility index (Phi) is 4.23. The molecule has 0 aliphatic rings. The predicted octanol–water partition coefficient (Wildman–Crippen LogP) is 3.86. The Morgan fingerprint density at radius 3 is 2.85 bits per heavy atom. The first-order valence-corrected chi connectivity index (χ1v) is 6.45. The average Bonchev–Trinajstić information content (AvgIpc) is 2.41. The van der Waals surface area contributed by atoms with Gasteiger partial charge in [0.1, 0.15) is 22.4 Å². The van der Waals surface area contributed by atoms with Crippen molar-refractivity contribution in [2.75, 3.05) is 0 Å². The van der Waals surface area contributed by atoms with Gasteiger partial charge in [-0.3, -0.25) is 0 Å². The maximum atomic E-state index is 11.1. The van der Waals surface area contributed by atoms with Crippen LogP contribution in [0, 0.1) is 11.3 Å². The molecule has 0 atom stereocenters. The summed E-state index contributed by atoms with van der Waals surface area (Å²) in [6, 6.07) is 7.79. The van der Waals surface area contributed by atoms with Crippen molar-refractivity contribution in [3.8, 4) is 17.7 Å². The molecule has 0 aliphatic heterocycles. The summed E-state index contributed by atoms with van der Waals surface area (Å²) in [5.74, 6) is -1.08. The third-order valence-electron chi connectivity index (χ3n) is 2.36. The van der Waals surface area contributed by atoms with Crippen LogP contribution in [0.25, 0.3) is 0 Å². The molecule has 7 heteroatoms. The van der Waals surface area contributed by atoms with Crippen LogP contribution in [0.15, 0.2) is 34.9 Å². The van der Waals surface area contributed by atoms with Gasteiger partial charge in [-0.15, -0.1) is 0 Å². The van der Waals surface area contributed by atoms with Gasteiger partial charge < -0.3 is 9.84 Å². The smallest absolute Gasteiger partial charge is 0.339 e. The molecule has 0 bridgehead atoms. The fourth-order valence-corrected chi connectivity index (χ4v) is 1.98. The molecule has 1 aromatic carbocycles. The van der Waals surface area contributed by atoms with Crippen LogP contribution in [0.2, 0.25) is 5.02 Å². The normalized spacial score (nSPS) is 9.85. The van der Waals surface area contributed by atoms with E-state index in [1.54, 1.807) is 6.07 Å². The molecule has 2 aromatic rings. The molecule has 0 amide bonds. The highest BCUT2D eigenvalue weighted by atomic mass is 79.9. The van der Waals surface area contributed by atoms with Crippen molar-refractivity contribution in [3.63, 3.8) is 0 Å². The fraction of sp³-hybridized carbons (Fsp3) is 0. The van der Waals surface area contributed by atoms with Crippen molar-refractivity contribution < 1.29 is 14.6 Å². The van der Waals surface area contributed by atoms with Gasteiger partial charge in [0.2, 0.25) is 5.88 Å². The summed E-state index contributed by atoms with van der Waals surface area (Å²) in [6.45, 7) is 0. The molecule has 0 radical (unpaired) electrons. The van der Waals surface area contributed by atoms with E-state index in [1.165, 1.54) is 24.4 Å². The molecule has 100 valence electrons. The van der Waals surface area contributed by atoms with Crippen molar-refractivity contribution >= 4 is 33.5 Å². The second kappa shape index (κ2) is 5.90. The van der Waals surface area contributed by atoms with E-state index in [0.29, 0.717) is 4.47 Å². The summed E-state index contributed by atoms with van der Waals surface area (Å²) in [5, 5.41) is 18.0. The van der Waals surface area contributed by atoms with E-state index in [9.17, 15) is 4.79 Å². The van der Waals surface area contributed by atoms with Crippen LogP contribution in [-0.4, -0.2) is 16.1 Å². The van der Waals surface area contributed by atoms with Crippen LogP contribution in [0.4, 0.5) is 0 Å². The summed E-state index contributed by atoms with van der Waals surface area (Å²) < 4.78 is 6.06. The van der Waals surface area contributed by atoms with Gasteiger partial charge in [-0.1, -0.05) is 27.5 Å². The molecular weight excluding hydrogens is 348 g/mol. The Morgan fingerprint density at radius 2 is 2.20 bits per heavy atom. The zero-order chi connectivity index (χ0) is 14.7. The number of nitriles is 1. The molecule has 5 nitrogen and oxygen atoms in total. The van der Waals surface area contributed by atoms with Gasteiger partial charge in [-0.05, 0) is 24.3 Å². The van der Waals surface area contributed by atoms with E-state index in [0.717, 1.165) is 0 Å². The van der Waals surface area contributed by atoms with Crippen LogP contribution >= 0.6 is 27.5 Å². The largest absolute Gasteiger partial charge is 0.478 e. The van der Waals surface area contributed by atoms with Gasteiger partial charge in [-0.2, -0.15) is 5.26 Å². The van der Waals surface area contributed by atoms with Gasteiger partial charge in [0.25, 0.3) is 0 Å². The summed E-state index contributed by atoms with van der Waals surface area (Å²) in [5.41, 5.74) is 0.164. The molecule has 0 unspecified atom stereocenters. The zero-order valence-corrected chi connectivity index (χ0v) is 12.1. The summed E-state index contributed by atoms with van der Waals surface area (Å²) in [7, 11) is 0. The van der Waals surface area contributed by atoms with E-state index < -0.39 is 5.97 Å². The topological polar surface area (TPSA) is 83.2 Å². The number of hydrogen-bond donors (Lipinski definition) is 1. The molecule has 20 heavy (non-hydrogen) atoms. The zero-order valence-electron chi connectivity index (χ0n) is 9.80. The summed E-state index contributed by atoms with van der Waals surface area (Å²) >= 11 is 9.19. The van der Waals surface area contributed by atoms with Gasteiger partial charge >= 0.3 is 5.97 Å². The lowest BCUT2D eigenvalue weighted by Gasteiger charge is -2.10. The van der Waals surface area contributed by atoms with E-state index >= 15 is 0 Å². The molecule has 1 heterocycles. The number of hydrogen-bond acceptors (Lipinski definition) is 4. The lowest BCUT2D eigenvalue weighted by Crippen LogP contribution is -2.01. The quantitative estimate of drug-likeness (QED) is 0.906. The molecule has 0 saturated heterocycles. The highest BCUT2D eigenvalue weighted by molar-refractivity contribution is 9.10. The molecule has 0 spiro atoms. The minimum absolute atomic E-state index is 0.0219. The Hall–Kier alpha value is -2.10. The van der Waals surface area contributed by atoms with Crippen LogP contribution < -0.4 is 4.74 Å². The van der Waals surface area contributed by atoms with Crippen molar-refractivity contribution in [1.82, 2.24) is 4.98 Å². The minimum Gasteiger partial charge on any atom is -0.478 e. The van der Waals surface area contributed by atoms with Crippen LogP contribution in [0.5, 0.6) is 11.6 Å². The van der Waals surface area contributed by atoms with E-state index in [2.05, 4.69) is 20.9 Å². The number of rotatable bonds is 3. The predicted molar refractivity (Wildman–Crippen MR) is 75.1 cm³/mol. The van der Waals surface area contributed by atoms with Crippen molar-refractivity contribution in [2.24, 2.45) is 0 Å². The second-order valence-electron chi connectivity index (χ2n) is 3.64. The average molecular weight is 354 g/mol. The summed E-state index contributed by atoms with van der Waals surface area (Å²) in [4.78, 5) is 15.0. The first-order valence-electron chi connectivity index (χ1n) is 5.28. The number of nitrogens with zero attached hydrogens (tertiary/aromatic N) is 2. The lowest BCUT2D eigenvalue weighted by atomic mass is 10.2. The lowest BCUT2D eigenvalue weighted by molar-refractivity contribution is 0.0694. The molecule has 1 N–H and O–H groups in total. The third-order valence-corrected chi connectivity index (χ3v) is 3.22. The maximum absolute atomic E-state index is 11.1. The molecule has 0 fully saturated rings. The molecule has 0 saturated carbocycles. The molecular formula is C13H6BrClN2O3. The van der Waals surface area contributed by atoms with Gasteiger partial charge in [0.05, 0.1) is 5.56 Å². The standard InChI is InChI=1S/C13H6BrClN2O3/c14-8-1-2-9(13(18)19)10(5-8)20-12-11(15)7(6-16)3-4-17-12/h1-5H,(H,18,19). The van der Waals surface area contributed by atoms with Crippen LogP contribution in [0.3, 0.4) is 0 Å². The van der Waals surface area contributed by atoms with Gasteiger partial charge in [0.15, 0.2) is 0 Å². The number of ether oxygens (including phenoxy) is 1. The monoisotopic (exact) mass is 352 g/mol. The fourth-order valence-electron chi connectivity index (χ4n) is 1.44. The number of aromatic nitrogens is 1. The highest BCUT2D eigenvalue weighted by Gasteiger charge is 2.16. The van der Waals surface area contributed by atoms with Gasteiger partial charge in [-0.25, -0.2) is 9.78 Å². The van der Waals surface area contributed by atoms with Crippen molar-refractivity contribution in [1.29, 1.82) is 5.26 Å². The first-order chi connectivity index (χ1) is 9.52. The number of halogens is 2. The third kappa shape index (κ3) is 2.90. The maximum Gasteiger partial charge on any atom is 0.339 e. The highest BCUT2D eigenvalue weighted by Crippen LogP contribution is 2.32. The number of aromatic carboxylic acids is 1. The Labute approximate surface area is 127 Å². The Balaban J connectivity index is 2.48. The van der Waals surface area contributed by atoms with E-state index in [-0.39, 0.29) is 27.8 Å². The van der Waals surface area contributed by atoms with E-state index in [4.69, 9.17) is 26.7 Å². The number of carboxylic acids is 1. The number of carbonyl (C=O) groups is 1. The van der Waals surface area contributed by atoms with Crippen molar-refractivity contribution in [2.45, 2.75) is 0 Å². The number of pyridine rings is 1. The Morgan fingerprint density at radius 1 is 1.45 bits per heavy atom. The summed E-state index contributed by atoms with van der Waals surface area (Å²) in [6.07, 6.45) is 1.36. The number of benzene rings is 1. The van der Waals surface area contributed by atoms with Gasteiger partial charge in [0, 0.05) is 10.7 Å². The Bertz CT molecular complexity index is 728. The minimum atomic E-state index is -1.14. The van der Waals surface area contributed by atoms with Crippen LogP contribution in [0.1, 0.15) is 15.9 Å². The van der Waals surface area contributed by atoms with Crippen molar-refractivity contribution in [3.05, 3.63) is 51.1 Å². The van der Waals surface area contributed by atoms with Crippen LogP contribution in [-0.2, 0) is 0 Å². The second-order valence-corrected chi connectivity index (χ2v) is 4.93. The first kappa shape index (κ1) is 14.3.